The Morgan fingerprint density at radius 1 is 1.55 bits per heavy atom. The molecular formula is C16H20BrN3O2. The molecule has 0 saturated heterocycles. The maximum absolute atomic E-state index is 12.5. The van der Waals surface area contributed by atoms with Gasteiger partial charge >= 0.3 is 6.09 Å². The van der Waals surface area contributed by atoms with Crippen LogP contribution in [0.4, 0.5) is 10.5 Å². The Kier molecular flexibility index (Phi) is 4.24. The highest BCUT2D eigenvalue weighted by atomic mass is 79.9. The molecule has 5 nitrogen and oxygen atoms in total. The van der Waals surface area contributed by atoms with Crippen molar-refractivity contribution in [2.24, 2.45) is 5.73 Å². The fourth-order valence-electron chi connectivity index (χ4n) is 2.60. The Hall–Kier alpha value is -1.58. The number of nitrogens with zero attached hydrogens (tertiary/aromatic N) is 2. The van der Waals surface area contributed by atoms with E-state index >= 15 is 0 Å². The molecule has 1 amide bonds. The number of carbonyl (C=O) groups is 1. The highest BCUT2D eigenvalue weighted by molar-refractivity contribution is 9.10. The Labute approximate surface area is 139 Å². The second-order valence-electron chi connectivity index (χ2n) is 6.79. The van der Waals surface area contributed by atoms with Crippen LogP contribution in [0.1, 0.15) is 38.8 Å². The molecular weight excluding hydrogens is 346 g/mol. The van der Waals surface area contributed by atoms with Crippen molar-refractivity contribution in [2.45, 2.75) is 38.7 Å². The van der Waals surface area contributed by atoms with Crippen LogP contribution in [-0.2, 0) is 10.2 Å². The number of benzene rings is 1. The van der Waals surface area contributed by atoms with Crippen LogP contribution in [0.3, 0.4) is 0 Å². The third-order valence-electron chi connectivity index (χ3n) is 3.69. The van der Waals surface area contributed by atoms with Crippen LogP contribution in [-0.4, -0.2) is 24.8 Å². The molecule has 22 heavy (non-hydrogen) atoms. The Bertz CT molecular complexity index is 661. The first kappa shape index (κ1) is 16.8. The van der Waals surface area contributed by atoms with E-state index in [4.69, 9.17) is 10.5 Å². The Morgan fingerprint density at radius 3 is 2.68 bits per heavy atom. The van der Waals surface area contributed by atoms with Gasteiger partial charge in [-0.2, -0.15) is 5.26 Å². The predicted octanol–water partition coefficient (Wildman–Crippen LogP) is 3.29. The van der Waals surface area contributed by atoms with Gasteiger partial charge in [-0.05, 0) is 38.5 Å². The van der Waals surface area contributed by atoms with Gasteiger partial charge in [0, 0.05) is 23.0 Å². The molecule has 0 bridgehead atoms. The summed E-state index contributed by atoms with van der Waals surface area (Å²) in [6, 6.07) is 5.79. The summed E-state index contributed by atoms with van der Waals surface area (Å²) in [5.41, 5.74) is 6.88. The van der Waals surface area contributed by atoms with E-state index in [1.807, 2.05) is 33.8 Å². The molecule has 1 aliphatic rings. The summed E-state index contributed by atoms with van der Waals surface area (Å²) in [7, 11) is 0. The number of ether oxygens (including phenoxy) is 1. The van der Waals surface area contributed by atoms with Crippen LogP contribution in [0, 0.1) is 11.3 Å². The van der Waals surface area contributed by atoms with Crippen LogP contribution >= 0.6 is 15.9 Å². The van der Waals surface area contributed by atoms with Crippen molar-refractivity contribution in [2.75, 3.05) is 18.0 Å². The van der Waals surface area contributed by atoms with Crippen molar-refractivity contribution in [1.82, 2.24) is 0 Å². The van der Waals surface area contributed by atoms with Crippen molar-refractivity contribution in [3.05, 3.63) is 27.7 Å². The van der Waals surface area contributed by atoms with Crippen molar-refractivity contribution < 1.29 is 9.53 Å². The normalized spacial score (nSPS) is 20.5. The lowest BCUT2D eigenvalue weighted by molar-refractivity contribution is 0.0579. The largest absolute Gasteiger partial charge is 0.443 e. The summed E-state index contributed by atoms with van der Waals surface area (Å²) in [6.07, 6.45) is -0.454. The fraction of sp³-hybridized carbons (Fsp3) is 0.500. The quantitative estimate of drug-likeness (QED) is 0.827. The van der Waals surface area contributed by atoms with Crippen molar-refractivity contribution >= 4 is 27.7 Å². The first-order valence-corrected chi connectivity index (χ1v) is 7.85. The first-order chi connectivity index (χ1) is 10.1. The molecule has 1 aromatic carbocycles. The number of nitriles is 1. The van der Waals surface area contributed by atoms with E-state index < -0.39 is 17.1 Å². The zero-order valence-electron chi connectivity index (χ0n) is 13.2. The number of fused-ring (bicyclic) bond motifs is 1. The fourth-order valence-corrected chi connectivity index (χ4v) is 3.05. The highest BCUT2D eigenvalue weighted by Crippen LogP contribution is 2.44. The second-order valence-corrected chi connectivity index (χ2v) is 7.71. The van der Waals surface area contributed by atoms with Gasteiger partial charge in [-0.25, -0.2) is 4.79 Å². The molecule has 0 aromatic heterocycles. The number of carbonyl (C=O) groups excluding carboxylic acids is 1. The molecule has 0 radical (unpaired) electrons. The van der Waals surface area contributed by atoms with Crippen LogP contribution in [0.5, 0.6) is 0 Å². The van der Waals surface area contributed by atoms with Gasteiger partial charge < -0.3 is 10.5 Å². The average Bonchev–Trinajstić information content (AvgIpc) is 2.71. The maximum Gasteiger partial charge on any atom is 0.414 e. The predicted molar refractivity (Wildman–Crippen MR) is 88.8 cm³/mol. The third-order valence-corrected chi connectivity index (χ3v) is 4.14. The van der Waals surface area contributed by atoms with Crippen LogP contribution in [0.25, 0.3) is 0 Å². The SMILES string of the molecule is CC(C)(C)OC(=O)N1C[C@@](C)(CN)c2cc(Br)cc(C#N)c21. The number of hydrogen-bond acceptors (Lipinski definition) is 4. The third kappa shape index (κ3) is 2.96. The number of halogens is 1. The highest BCUT2D eigenvalue weighted by Gasteiger charge is 2.43. The lowest BCUT2D eigenvalue weighted by Crippen LogP contribution is -2.42. The van der Waals surface area contributed by atoms with E-state index in [2.05, 4.69) is 22.0 Å². The molecule has 1 aromatic rings. The maximum atomic E-state index is 12.5. The summed E-state index contributed by atoms with van der Waals surface area (Å²) >= 11 is 3.42. The standard InChI is InChI=1S/C16H20BrN3O2/c1-15(2,3)22-14(21)20-9-16(4,8-19)12-6-11(17)5-10(7-18)13(12)20/h5-6H,8-9,19H2,1-4H3/t16-/m1/s1. The smallest absolute Gasteiger partial charge is 0.414 e. The molecule has 0 spiro atoms. The van der Waals surface area contributed by atoms with Crippen LogP contribution in [0.2, 0.25) is 0 Å². The monoisotopic (exact) mass is 365 g/mol. The molecule has 0 fully saturated rings. The zero-order valence-corrected chi connectivity index (χ0v) is 14.8. The van der Waals surface area contributed by atoms with Gasteiger partial charge in [0.25, 0.3) is 0 Å². The van der Waals surface area contributed by atoms with Crippen molar-refractivity contribution in [1.29, 1.82) is 5.26 Å². The summed E-state index contributed by atoms with van der Waals surface area (Å²) in [5.74, 6) is 0. The molecule has 1 atom stereocenters. The molecule has 0 aliphatic carbocycles. The Morgan fingerprint density at radius 2 is 2.18 bits per heavy atom. The molecule has 0 unspecified atom stereocenters. The summed E-state index contributed by atoms with van der Waals surface area (Å²) in [4.78, 5) is 14.0. The number of amides is 1. The van der Waals surface area contributed by atoms with E-state index in [9.17, 15) is 10.1 Å². The molecule has 1 aliphatic heterocycles. The van der Waals surface area contributed by atoms with Gasteiger partial charge in [0.05, 0.1) is 11.3 Å². The van der Waals surface area contributed by atoms with Crippen LogP contribution < -0.4 is 10.6 Å². The van der Waals surface area contributed by atoms with Gasteiger partial charge in [-0.3, -0.25) is 4.90 Å². The minimum Gasteiger partial charge on any atom is -0.443 e. The number of nitrogens with two attached hydrogens (primary N) is 1. The molecule has 118 valence electrons. The molecule has 1 heterocycles. The van der Waals surface area contributed by atoms with Gasteiger partial charge in [0.15, 0.2) is 0 Å². The average molecular weight is 366 g/mol. The molecule has 2 N–H and O–H groups in total. The van der Waals surface area contributed by atoms with Gasteiger partial charge in [0.1, 0.15) is 11.7 Å². The Balaban J connectivity index is 2.56. The summed E-state index contributed by atoms with van der Waals surface area (Å²) in [5, 5.41) is 9.42. The number of rotatable bonds is 1. The summed E-state index contributed by atoms with van der Waals surface area (Å²) < 4.78 is 6.27. The van der Waals surface area contributed by atoms with Crippen molar-refractivity contribution in [3.63, 3.8) is 0 Å². The lowest BCUT2D eigenvalue weighted by Gasteiger charge is -2.26. The number of anilines is 1. The minimum atomic E-state index is -0.596. The molecule has 0 saturated carbocycles. The van der Waals surface area contributed by atoms with E-state index in [1.54, 1.807) is 6.07 Å². The van der Waals surface area contributed by atoms with Crippen LogP contribution in [0.15, 0.2) is 16.6 Å². The van der Waals surface area contributed by atoms with E-state index in [0.29, 0.717) is 24.3 Å². The molecule has 2 rings (SSSR count). The number of hydrogen-bond donors (Lipinski definition) is 1. The van der Waals surface area contributed by atoms with Gasteiger partial charge in [-0.1, -0.05) is 22.9 Å². The lowest BCUT2D eigenvalue weighted by atomic mass is 9.84. The van der Waals surface area contributed by atoms with E-state index in [0.717, 1.165) is 10.0 Å². The minimum absolute atomic E-state index is 0.376. The van der Waals surface area contributed by atoms with Gasteiger partial charge in [0.2, 0.25) is 0 Å². The second kappa shape index (κ2) is 5.56. The zero-order chi connectivity index (χ0) is 16.7. The summed E-state index contributed by atoms with van der Waals surface area (Å²) in [6.45, 7) is 8.22. The molecule has 6 heteroatoms. The topological polar surface area (TPSA) is 79.3 Å². The van der Waals surface area contributed by atoms with E-state index in [-0.39, 0.29) is 0 Å². The van der Waals surface area contributed by atoms with E-state index in [1.165, 1.54) is 4.90 Å². The van der Waals surface area contributed by atoms with Crippen molar-refractivity contribution in [3.8, 4) is 6.07 Å². The van der Waals surface area contributed by atoms with Gasteiger partial charge in [-0.15, -0.1) is 0 Å². The first-order valence-electron chi connectivity index (χ1n) is 7.06.